The van der Waals surface area contributed by atoms with Gasteiger partial charge in [-0.25, -0.2) is 4.98 Å². The van der Waals surface area contributed by atoms with Crippen LogP contribution in [0, 0.1) is 0 Å². The summed E-state index contributed by atoms with van der Waals surface area (Å²) >= 11 is 6.22. The fraction of sp³-hybridized carbons (Fsp3) is 0.0833. The van der Waals surface area contributed by atoms with Gasteiger partial charge in [0.2, 0.25) is 5.88 Å². The number of alkyl halides is 3. The predicted octanol–water partition coefficient (Wildman–Crippen LogP) is 5.30. The van der Waals surface area contributed by atoms with Gasteiger partial charge in [-0.1, -0.05) is 0 Å². The lowest BCUT2D eigenvalue weighted by molar-refractivity contribution is -0.274. The normalized spacial score (nSPS) is 11.2. The Morgan fingerprint density at radius 3 is 2.35 bits per heavy atom. The molecular weight excluding hydrogens is 407 g/mol. The van der Waals surface area contributed by atoms with Crippen LogP contribution in [-0.4, -0.2) is 11.3 Å². The number of rotatable bonds is 3. The fourth-order valence-corrected chi connectivity index (χ4v) is 1.97. The molecule has 0 saturated heterocycles. The van der Waals surface area contributed by atoms with Crippen LogP contribution in [0.4, 0.5) is 13.2 Å². The lowest BCUT2D eigenvalue weighted by atomic mass is 10.3. The molecule has 3 nitrogen and oxygen atoms in total. The molecule has 20 heavy (non-hydrogen) atoms. The zero-order valence-corrected chi connectivity index (χ0v) is 12.8. The van der Waals surface area contributed by atoms with E-state index in [1.807, 2.05) is 0 Å². The van der Waals surface area contributed by atoms with Gasteiger partial charge < -0.3 is 9.47 Å². The van der Waals surface area contributed by atoms with E-state index in [0.717, 1.165) is 10.5 Å². The summed E-state index contributed by atoms with van der Waals surface area (Å²) in [5, 5.41) is 0. The minimum absolute atomic E-state index is 0.129. The number of ether oxygens (including phenoxy) is 2. The number of hydrogen-bond donors (Lipinski definition) is 0. The molecule has 0 radical (unpaired) electrons. The second-order valence-corrected chi connectivity index (χ2v) is 5.33. The molecule has 1 aromatic carbocycles. The number of halogens is 5. The largest absolute Gasteiger partial charge is 0.573 e. The first-order valence-electron chi connectivity index (χ1n) is 5.18. The molecule has 2 aromatic rings. The molecule has 0 N–H and O–H groups in total. The van der Waals surface area contributed by atoms with Gasteiger partial charge in [-0.3, -0.25) is 0 Å². The van der Waals surface area contributed by atoms with Crippen molar-refractivity contribution in [1.82, 2.24) is 4.98 Å². The molecule has 1 aromatic heterocycles. The summed E-state index contributed by atoms with van der Waals surface area (Å²) in [5.41, 5.74) is 0. The smallest absolute Gasteiger partial charge is 0.439 e. The third-order valence-electron chi connectivity index (χ3n) is 2.05. The van der Waals surface area contributed by atoms with Crippen LogP contribution in [0.3, 0.4) is 0 Å². The first-order chi connectivity index (χ1) is 9.33. The highest BCUT2D eigenvalue weighted by Gasteiger charge is 2.32. The van der Waals surface area contributed by atoms with Crippen LogP contribution < -0.4 is 9.47 Å². The van der Waals surface area contributed by atoms with Crippen LogP contribution in [0.15, 0.2) is 45.5 Å². The van der Waals surface area contributed by atoms with Gasteiger partial charge >= 0.3 is 6.36 Å². The van der Waals surface area contributed by atoms with Crippen molar-refractivity contribution in [3.8, 4) is 17.4 Å². The molecule has 0 unspecified atom stereocenters. The Hall–Kier alpha value is -1.28. The Kier molecular flexibility index (Phi) is 4.54. The van der Waals surface area contributed by atoms with Crippen molar-refractivity contribution in [3.05, 3.63) is 45.5 Å². The molecule has 0 atom stereocenters. The fourth-order valence-electron chi connectivity index (χ4n) is 1.30. The van der Waals surface area contributed by atoms with E-state index in [1.165, 1.54) is 12.1 Å². The Morgan fingerprint density at radius 2 is 1.80 bits per heavy atom. The summed E-state index contributed by atoms with van der Waals surface area (Å²) in [5.74, 6) is 0.319. The zero-order valence-electron chi connectivity index (χ0n) is 9.62. The summed E-state index contributed by atoms with van der Waals surface area (Å²) in [6.07, 6.45) is -3.19. The maximum atomic E-state index is 12.1. The Balaban J connectivity index is 2.14. The summed E-state index contributed by atoms with van der Waals surface area (Å²) < 4.78 is 46.5. The van der Waals surface area contributed by atoms with Gasteiger partial charge in [0.05, 0.1) is 4.47 Å². The molecule has 0 aliphatic carbocycles. The molecule has 0 amide bonds. The average Bonchev–Trinajstić information content (AvgIpc) is 2.34. The molecule has 8 heteroatoms. The summed E-state index contributed by atoms with van der Waals surface area (Å²) in [4.78, 5) is 3.99. The minimum atomic E-state index is -4.74. The van der Waals surface area contributed by atoms with Crippen molar-refractivity contribution in [2.45, 2.75) is 6.36 Å². The second kappa shape index (κ2) is 6.01. The monoisotopic (exact) mass is 411 g/mol. The van der Waals surface area contributed by atoms with Gasteiger partial charge in [0, 0.05) is 16.7 Å². The van der Waals surface area contributed by atoms with Gasteiger partial charge in [-0.2, -0.15) is 0 Å². The van der Waals surface area contributed by atoms with E-state index in [-0.39, 0.29) is 10.2 Å². The van der Waals surface area contributed by atoms with Crippen molar-refractivity contribution in [2.75, 3.05) is 0 Å². The second-order valence-electron chi connectivity index (χ2n) is 3.56. The molecule has 0 aliphatic heterocycles. The van der Waals surface area contributed by atoms with Crippen LogP contribution in [0.5, 0.6) is 17.4 Å². The molecule has 0 saturated carbocycles. The molecular formula is C12H6Br2F3NO2. The molecule has 1 heterocycles. The van der Waals surface area contributed by atoms with Crippen molar-refractivity contribution < 1.29 is 22.6 Å². The van der Waals surface area contributed by atoms with Gasteiger partial charge in [-0.05, 0) is 56.1 Å². The van der Waals surface area contributed by atoms with Gasteiger partial charge in [0.25, 0.3) is 0 Å². The van der Waals surface area contributed by atoms with E-state index in [1.54, 1.807) is 18.3 Å². The maximum absolute atomic E-state index is 12.1. The molecule has 0 fully saturated rings. The summed E-state index contributed by atoms with van der Waals surface area (Å²) in [6, 6.07) is 7.24. The van der Waals surface area contributed by atoms with Crippen molar-refractivity contribution in [2.24, 2.45) is 0 Å². The SMILES string of the molecule is FC(F)(F)Oc1ccc(Oc2ccc(Br)cn2)cc1Br. The van der Waals surface area contributed by atoms with E-state index in [0.29, 0.717) is 11.6 Å². The van der Waals surface area contributed by atoms with E-state index >= 15 is 0 Å². The van der Waals surface area contributed by atoms with E-state index in [4.69, 9.17) is 4.74 Å². The van der Waals surface area contributed by atoms with Crippen LogP contribution in [0.2, 0.25) is 0 Å². The number of hydrogen-bond acceptors (Lipinski definition) is 3. The van der Waals surface area contributed by atoms with E-state index in [9.17, 15) is 13.2 Å². The number of aromatic nitrogens is 1. The predicted molar refractivity (Wildman–Crippen MR) is 72.8 cm³/mol. The van der Waals surface area contributed by atoms with E-state index in [2.05, 4.69) is 41.6 Å². The molecule has 0 aliphatic rings. The number of pyridine rings is 1. The third kappa shape index (κ3) is 4.38. The van der Waals surface area contributed by atoms with Crippen LogP contribution in [0.1, 0.15) is 0 Å². The Labute approximate surface area is 129 Å². The Morgan fingerprint density at radius 1 is 1.05 bits per heavy atom. The third-order valence-corrected chi connectivity index (χ3v) is 3.14. The number of nitrogens with zero attached hydrogens (tertiary/aromatic N) is 1. The van der Waals surface area contributed by atoms with Crippen LogP contribution in [0.25, 0.3) is 0 Å². The van der Waals surface area contributed by atoms with Crippen LogP contribution in [-0.2, 0) is 0 Å². The highest BCUT2D eigenvalue weighted by Crippen LogP contribution is 2.34. The van der Waals surface area contributed by atoms with E-state index < -0.39 is 6.36 Å². The van der Waals surface area contributed by atoms with Gasteiger partial charge in [0.15, 0.2) is 0 Å². The lowest BCUT2D eigenvalue weighted by Gasteiger charge is -2.11. The first kappa shape index (κ1) is 15.1. The molecule has 106 valence electrons. The molecule has 2 rings (SSSR count). The topological polar surface area (TPSA) is 31.4 Å². The lowest BCUT2D eigenvalue weighted by Crippen LogP contribution is -2.17. The van der Waals surface area contributed by atoms with Gasteiger partial charge in [-0.15, -0.1) is 13.2 Å². The molecule has 0 spiro atoms. The minimum Gasteiger partial charge on any atom is -0.439 e. The average molecular weight is 413 g/mol. The number of benzene rings is 1. The summed E-state index contributed by atoms with van der Waals surface area (Å²) in [7, 11) is 0. The molecule has 0 bridgehead atoms. The maximum Gasteiger partial charge on any atom is 0.573 e. The quantitative estimate of drug-likeness (QED) is 0.685. The highest BCUT2D eigenvalue weighted by molar-refractivity contribution is 9.10. The van der Waals surface area contributed by atoms with Crippen LogP contribution >= 0.6 is 31.9 Å². The summed E-state index contributed by atoms with van der Waals surface area (Å²) in [6.45, 7) is 0. The highest BCUT2D eigenvalue weighted by atomic mass is 79.9. The Bertz CT molecular complexity index is 603. The zero-order chi connectivity index (χ0) is 14.8. The van der Waals surface area contributed by atoms with Crippen molar-refractivity contribution >= 4 is 31.9 Å². The van der Waals surface area contributed by atoms with Crippen molar-refractivity contribution in [1.29, 1.82) is 0 Å². The standard InChI is InChI=1S/C12H6Br2F3NO2/c13-7-1-4-11(18-6-7)19-8-2-3-10(9(14)5-8)20-12(15,16)17/h1-6H. The van der Waals surface area contributed by atoms with Gasteiger partial charge in [0.1, 0.15) is 11.5 Å². The van der Waals surface area contributed by atoms with Crippen molar-refractivity contribution in [3.63, 3.8) is 0 Å². The first-order valence-corrected chi connectivity index (χ1v) is 6.77.